The fraction of sp³-hybridized carbons (Fsp3) is 0.667. The highest BCUT2D eigenvalue weighted by atomic mass is 16.6. The van der Waals surface area contributed by atoms with Gasteiger partial charge in [0.15, 0.2) is 0 Å². The lowest BCUT2D eigenvalue weighted by Gasteiger charge is -2.23. The van der Waals surface area contributed by atoms with Crippen molar-refractivity contribution >= 4 is 29.3 Å². The summed E-state index contributed by atoms with van der Waals surface area (Å²) >= 11 is 0. The minimum absolute atomic E-state index is 0.0176. The Hall–Kier alpha value is -2.98. The normalized spacial score (nSPS) is 10.9. The molecule has 0 amide bonds. The number of ether oxygens (including phenoxy) is 2. The standard InChI is InChI=1S/C18H29N5O6/c1-18(2,3)29-14(25)11-22(4)17-15(23(26)27)16(20-12-21-17)19-10-8-6-7-9-13(24)28-5/h12H,6-11H2,1-5H3,(H,19,20,21). The third kappa shape index (κ3) is 8.71. The molecule has 1 heterocycles. The number of carbonyl (C=O) groups excluding carboxylic acids is 2. The molecule has 11 heteroatoms. The van der Waals surface area contributed by atoms with Crippen molar-refractivity contribution in [1.82, 2.24) is 9.97 Å². The quantitative estimate of drug-likeness (QED) is 0.250. The van der Waals surface area contributed by atoms with E-state index in [-0.39, 0.29) is 29.8 Å². The number of likely N-dealkylation sites (N-methyl/N-ethyl adjacent to an activating group) is 1. The highest BCUT2D eigenvalue weighted by Gasteiger charge is 2.27. The maximum Gasteiger partial charge on any atom is 0.353 e. The SMILES string of the molecule is COC(=O)CCCCCNc1ncnc(N(C)CC(=O)OC(C)(C)C)c1[N+](=O)[O-]. The summed E-state index contributed by atoms with van der Waals surface area (Å²) in [5.41, 5.74) is -0.969. The molecule has 0 saturated heterocycles. The number of methoxy groups -OCH3 is 1. The van der Waals surface area contributed by atoms with Gasteiger partial charge in [0, 0.05) is 20.0 Å². The van der Waals surface area contributed by atoms with Crippen LogP contribution in [-0.4, -0.2) is 59.7 Å². The number of hydrogen-bond donors (Lipinski definition) is 1. The first-order valence-electron chi connectivity index (χ1n) is 9.28. The Bertz CT molecular complexity index is 719. The molecule has 0 fully saturated rings. The second kappa shape index (κ2) is 11.1. The van der Waals surface area contributed by atoms with Gasteiger partial charge >= 0.3 is 17.6 Å². The molecule has 162 valence electrons. The van der Waals surface area contributed by atoms with Crippen molar-refractivity contribution in [2.75, 3.05) is 37.5 Å². The van der Waals surface area contributed by atoms with Crippen LogP contribution in [0, 0.1) is 10.1 Å². The molecule has 1 N–H and O–H groups in total. The van der Waals surface area contributed by atoms with Gasteiger partial charge in [-0.05, 0) is 33.6 Å². The summed E-state index contributed by atoms with van der Waals surface area (Å²) in [6.07, 6.45) is 3.66. The molecular weight excluding hydrogens is 382 g/mol. The van der Waals surface area contributed by atoms with Gasteiger partial charge in [0.2, 0.25) is 11.6 Å². The number of nitrogens with zero attached hydrogens (tertiary/aromatic N) is 4. The van der Waals surface area contributed by atoms with Crippen molar-refractivity contribution in [3.63, 3.8) is 0 Å². The van der Waals surface area contributed by atoms with E-state index in [0.717, 1.165) is 6.42 Å². The van der Waals surface area contributed by atoms with Crippen LogP contribution >= 0.6 is 0 Å². The molecule has 0 aliphatic rings. The number of anilines is 2. The Morgan fingerprint density at radius 2 is 1.90 bits per heavy atom. The van der Waals surface area contributed by atoms with Gasteiger partial charge in [-0.3, -0.25) is 19.7 Å². The first kappa shape index (κ1) is 24.1. The number of hydrogen-bond acceptors (Lipinski definition) is 10. The van der Waals surface area contributed by atoms with E-state index in [4.69, 9.17) is 4.74 Å². The Labute approximate surface area is 169 Å². The van der Waals surface area contributed by atoms with Crippen LogP contribution in [0.5, 0.6) is 0 Å². The largest absolute Gasteiger partial charge is 0.469 e. The molecule has 29 heavy (non-hydrogen) atoms. The summed E-state index contributed by atoms with van der Waals surface area (Å²) in [4.78, 5) is 43.4. The molecule has 0 unspecified atom stereocenters. The second-order valence-electron chi connectivity index (χ2n) is 7.41. The molecule has 0 radical (unpaired) electrons. The maximum atomic E-state index is 12.0. The van der Waals surface area contributed by atoms with E-state index in [0.29, 0.717) is 25.8 Å². The van der Waals surface area contributed by atoms with Crippen LogP contribution in [0.15, 0.2) is 6.33 Å². The first-order chi connectivity index (χ1) is 13.5. The fourth-order valence-electron chi connectivity index (χ4n) is 2.47. The van der Waals surface area contributed by atoms with Gasteiger partial charge in [0.1, 0.15) is 18.5 Å². The zero-order valence-corrected chi connectivity index (χ0v) is 17.6. The number of carbonyl (C=O) groups is 2. The molecule has 0 saturated carbocycles. The van der Waals surface area contributed by atoms with Crippen molar-refractivity contribution < 1.29 is 24.0 Å². The maximum absolute atomic E-state index is 12.0. The molecule has 0 bridgehead atoms. The Morgan fingerprint density at radius 1 is 1.21 bits per heavy atom. The van der Waals surface area contributed by atoms with Crippen LogP contribution in [0.3, 0.4) is 0 Å². The first-order valence-corrected chi connectivity index (χ1v) is 9.28. The van der Waals surface area contributed by atoms with Crippen LogP contribution in [0.1, 0.15) is 46.5 Å². The molecule has 0 atom stereocenters. The monoisotopic (exact) mass is 411 g/mol. The van der Waals surface area contributed by atoms with Gasteiger partial charge in [0.05, 0.1) is 12.0 Å². The van der Waals surface area contributed by atoms with E-state index in [1.807, 2.05) is 0 Å². The number of aromatic nitrogens is 2. The van der Waals surface area contributed by atoms with Crippen molar-refractivity contribution in [2.45, 2.75) is 52.1 Å². The molecule has 1 aromatic rings. The molecular formula is C18H29N5O6. The molecule has 0 aliphatic carbocycles. The van der Waals surface area contributed by atoms with E-state index in [1.165, 1.54) is 25.4 Å². The van der Waals surface area contributed by atoms with E-state index in [9.17, 15) is 19.7 Å². The molecule has 1 rings (SSSR count). The van der Waals surface area contributed by atoms with Crippen molar-refractivity contribution in [3.8, 4) is 0 Å². The molecule has 1 aromatic heterocycles. The highest BCUT2D eigenvalue weighted by molar-refractivity contribution is 5.78. The number of nitrogens with one attached hydrogen (secondary N) is 1. The van der Waals surface area contributed by atoms with Crippen LogP contribution in [0.25, 0.3) is 0 Å². The summed E-state index contributed by atoms with van der Waals surface area (Å²) in [6, 6.07) is 0. The summed E-state index contributed by atoms with van der Waals surface area (Å²) in [6.45, 7) is 5.47. The minimum Gasteiger partial charge on any atom is -0.469 e. The van der Waals surface area contributed by atoms with E-state index >= 15 is 0 Å². The van der Waals surface area contributed by atoms with Crippen LogP contribution in [0.2, 0.25) is 0 Å². The number of unbranched alkanes of at least 4 members (excludes halogenated alkanes) is 2. The lowest BCUT2D eigenvalue weighted by molar-refractivity contribution is -0.383. The smallest absolute Gasteiger partial charge is 0.353 e. The van der Waals surface area contributed by atoms with Gasteiger partial charge in [-0.2, -0.15) is 0 Å². The van der Waals surface area contributed by atoms with Gasteiger partial charge in [-0.25, -0.2) is 9.97 Å². The third-order valence-electron chi connectivity index (χ3n) is 3.71. The Balaban J connectivity index is 2.75. The lowest BCUT2D eigenvalue weighted by Crippen LogP contribution is -2.33. The zero-order chi connectivity index (χ0) is 22.0. The highest BCUT2D eigenvalue weighted by Crippen LogP contribution is 2.31. The van der Waals surface area contributed by atoms with Crippen molar-refractivity contribution in [3.05, 3.63) is 16.4 Å². The fourth-order valence-corrected chi connectivity index (χ4v) is 2.47. The number of esters is 2. The Morgan fingerprint density at radius 3 is 2.48 bits per heavy atom. The van der Waals surface area contributed by atoms with Crippen molar-refractivity contribution in [1.29, 1.82) is 0 Å². The topological polar surface area (TPSA) is 137 Å². The number of nitro groups is 1. The zero-order valence-electron chi connectivity index (χ0n) is 17.6. The molecule has 0 spiro atoms. The van der Waals surface area contributed by atoms with Gasteiger partial charge in [0.25, 0.3) is 0 Å². The van der Waals surface area contributed by atoms with Crippen LogP contribution in [-0.2, 0) is 19.1 Å². The molecule has 0 aromatic carbocycles. The summed E-state index contributed by atoms with van der Waals surface area (Å²) in [5.74, 6) is -0.692. The summed E-state index contributed by atoms with van der Waals surface area (Å²) in [7, 11) is 2.87. The predicted molar refractivity (Wildman–Crippen MR) is 107 cm³/mol. The summed E-state index contributed by atoms with van der Waals surface area (Å²) < 4.78 is 9.82. The third-order valence-corrected chi connectivity index (χ3v) is 3.71. The average molecular weight is 411 g/mol. The average Bonchev–Trinajstić information content (AvgIpc) is 2.62. The molecule has 11 nitrogen and oxygen atoms in total. The van der Waals surface area contributed by atoms with Crippen molar-refractivity contribution in [2.24, 2.45) is 0 Å². The van der Waals surface area contributed by atoms with Gasteiger partial charge < -0.3 is 19.7 Å². The van der Waals surface area contributed by atoms with E-state index < -0.39 is 16.5 Å². The van der Waals surface area contributed by atoms with E-state index in [2.05, 4.69) is 20.0 Å². The summed E-state index contributed by atoms with van der Waals surface area (Å²) in [5, 5.41) is 14.5. The van der Waals surface area contributed by atoms with Gasteiger partial charge in [-0.15, -0.1) is 0 Å². The predicted octanol–water partition coefficient (Wildman–Crippen LogP) is 2.31. The van der Waals surface area contributed by atoms with Crippen LogP contribution < -0.4 is 10.2 Å². The van der Waals surface area contributed by atoms with E-state index in [1.54, 1.807) is 20.8 Å². The second-order valence-corrected chi connectivity index (χ2v) is 7.41. The van der Waals surface area contributed by atoms with Crippen LogP contribution in [0.4, 0.5) is 17.3 Å². The number of rotatable bonds is 11. The molecule has 0 aliphatic heterocycles. The van der Waals surface area contributed by atoms with Gasteiger partial charge in [-0.1, -0.05) is 6.42 Å². The lowest BCUT2D eigenvalue weighted by atomic mass is 10.2. The Kier molecular flexibility index (Phi) is 9.23. The minimum atomic E-state index is -0.657.